The summed E-state index contributed by atoms with van der Waals surface area (Å²) in [6, 6.07) is 0.243. The Morgan fingerprint density at radius 3 is 2.71 bits per heavy atom. The third-order valence-corrected chi connectivity index (χ3v) is 2.04. The van der Waals surface area contributed by atoms with Crippen LogP contribution in [0.5, 0.6) is 0 Å². The van der Waals surface area contributed by atoms with E-state index in [1.165, 1.54) is 0 Å². The van der Waals surface area contributed by atoms with Gasteiger partial charge in [-0.15, -0.1) is 0 Å². The highest BCUT2D eigenvalue weighted by atomic mass is 16.7. The van der Waals surface area contributed by atoms with E-state index in [4.69, 9.17) is 18.9 Å². The molecular weight excluding hydrogens is 186 g/mol. The highest BCUT2D eigenvalue weighted by molar-refractivity contribution is 4.81. The summed E-state index contributed by atoms with van der Waals surface area (Å²) in [6.07, 6.45) is 1.10. The molecule has 5 nitrogen and oxygen atoms in total. The van der Waals surface area contributed by atoms with Gasteiger partial charge in [-0.25, -0.2) is 5.32 Å². The first-order valence-corrected chi connectivity index (χ1v) is 4.70. The number of ether oxygens (including phenoxy) is 4. The highest BCUT2D eigenvalue weighted by Gasteiger charge is 2.25. The summed E-state index contributed by atoms with van der Waals surface area (Å²) >= 11 is 0. The summed E-state index contributed by atoms with van der Waals surface area (Å²) in [4.78, 5) is 0. The molecule has 0 bridgehead atoms. The summed E-state index contributed by atoms with van der Waals surface area (Å²) in [5.74, 6) is 0. The van der Waals surface area contributed by atoms with Gasteiger partial charge >= 0.3 is 0 Å². The Morgan fingerprint density at radius 1 is 1.21 bits per heavy atom. The average molecular weight is 204 g/mol. The smallest absolute Gasteiger partial charge is 0.146 e. The molecule has 0 aliphatic carbocycles. The number of hydrogen-bond acceptors (Lipinski definition) is 4. The molecule has 0 saturated carbocycles. The molecule has 0 aromatic heterocycles. The van der Waals surface area contributed by atoms with Crippen molar-refractivity contribution < 1.29 is 18.9 Å². The van der Waals surface area contributed by atoms with Crippen molar-refractivity contribution in [2.24, 2.45) is 0 Å². The van der Waals surface area contributed by atoms with Crippen LogP contribution in [0.1, 0.15) is 6.42 Å². The molecule has 0 N–H and O–H groups in total. The van der Waals surface area contributed by atoms with Crippen LogP contribution in [-0.2, 0) is 18.9 Å². The van der Waals surface area contributed by atoms with Crippen molar-refractivity contribution in [3.05, 3.63) is 0 Å². The number of hydrogen-bond donors (Lipinski definition) is 0. The van der Waals surface area contributed by atoms with Crippen LogP contribution in [0, 0.1) is 0 Å². The summed E-state index contributed by atoms with van der Waals surface area (Å²) < 4.78 is 20.2. The van der Waals surface area contributed by atoms with Crippen molar-refractivity contribution in [1.82, 2.24) is 5.32 Å². The fraction of sp³-hybridized carbons (Fsp3) is 1.00. The fourth-order valence-corrected chi connectivity index (χ4v) is 1.39. The standard InChI is InChI=1S/C9H18NO4/c1-11-6-13-5-8-3-9(4-10-8)14-7-12-2/h8-9H,3-7H2,1-2H3. The molecule has 0 aromatic carbocycles. The van der Waals surface area contributed by atoms with E-state index >= 15 is 0 Å². The first kappa shape index (κ1) is 11.9. The topological polar surface area (TPSA) is 51.0 Å². The minimum Gasteiger partial charge on any atom is -0.359 e. The molecule has 1 saturated heterocycles. The lowest BCUT2D eigenvalue weighted by atomic mass is 10.2. The van der Waals surface area contributed by atoms with E-state index in [1.807, 2.05) is 0 Å². The molecule has 1 heterocycles. The second kappa shape index (κ2) is 7.14. The lowest BCUT2D eigenvalue weighted by molar-refractivity contribution is -0.0677. The van der Waals surface area contributed by atoms with Crippen LogP contribution in [0.25, 0.3) is 0 Å². The van der Waals surface area contributed by atoms with Crippen LogP contribution in [0.2, 0.25) is 0 Å². The van der Waals surface area contributed by atoms with Gasteiger partial charge in [0.2, 0.25) is 0 Å². The second-order valence-corrected chi connectivity index (χ2v) is 3.23. The molecule has 1 aliphatic heterocycles. The summed E-state index contributed by atoms with van der Waals surface area (Å²) in [7, 11) is 3.22. The van der Waals surface area contributed by atoms with Gasteiger partial charge in [0.25, 0.3) is 0 Å². The van der Waals surface area contributed by atoms with E-state index in [0.29, 0.717) is 20.2 Å². The van der Waals surface area contributed by atoms with E-state index < -0.39 is 0 Å². The summed E-state index contributed by atoms with van der Waals surface area (Å²) in [5.41, 5.74) is 0. The van der Waals surface area contributed by atoms with Gasteiger partial charge < -0.3 is 18.9 Å². The SMILES string of the molecule is COCOCC1CC(OCOC)C[N]1. The van der Waals surface area contributed by atoms with Gasteiger partial charge in [-0.05, 0) is 6.42 Å². The third kappa shape index (κ3) is 4.34. The van der Waals surface area contributed by atoms with Crippen LogP contribution in [0.15, 0.2) is 0 Å². The van der Waals surface area contributed by atoms with E-state index in [9.17, 15) is 0 Å². The largest absolute Gasteiger partial charge is 0.359 e. The minimum absolute atomic E-state index is 0.186. The zero-order valence-electron chi connectivity index (χ0n) is 8.77. The Kier molecular flexibility index (Phi) is 6.05. The third-order valence-electron chi connectivity index (χ3n) is 2.04. The van der Waals surface area contributed by atoms with Crippen molar-refractivity contribution in [1.29, 1.82) is 0 Å². The molecule has 0 amide bonds. The summed E-state index contributed by atoms with van der Waals surface area (Å²) in [5, 5.41) is 4.38. The predicted octanol–water partition coefficient (Wildman–Crippen LogP) is -0.0273. The lowest BCUT2D eigenvalue weighted by Crippen LogP contribution is -2.21. The first-order chi connectivity index (χ1) is 6.86. The van der Waals surface area contributed by atoms with E-state index in [2.05, 4.69) is 5.32 Å². The Labute approximate surface area is 84.7 Å². The monoisotopic (exact) mass is 204 g/mol. The van der Waals surface area contributed by atoms with Gasteiger partial charge in [-0.3, -0.25) is 0 Å². The average Bonchev–Trinajstić information content (AvgIpc) is 2.63. The quantitative estimate of drug-likeness (QED) is 0.432. The lowest BCUT2D eigenvalue weighted by Gasteiger charge is -2.10. The fourth-order valence-electron chi connectivity index (χ4n) is 1.39. The van der Waals surface area contributed by atoms with Gasteiger partial charge in [0.1, 0.15) is 13.6 Å². The van der Waals surface area contributed by atoms with Crippen molar-refractivity contribution in [3.8, 4) is 0 Å². The van der Waals surface area contributed by atoms with Crippen molar-refractivity contribution >= 4 is 0 Å². The molecule has 1 rings (SSSR count). The van der Waals surface area contributed by atoms with Crippen molar-refractivity contribution in [3.63, 3.8) is 0 Å². The molecule has 1 fully saturated rings. The van der Waals surface area contributed by atoms with Crippen molar-refractivity contribution in [2.45, 2.75) is 18.6 Å². The molecule has 0 aromatic rings. The Hall–Kier alpha value is -0.200. The predicted molar refractivity (Wildman–Crippen MR) is 50.0 cm³/mol. The Balaban J connectivity index is 2.02. The van der Waals surface area contributed by atoms with Crippen LogP contribution in [0.4, 0.5) is 0 Å². The minimum atomic E-state index is 0.186. The van der Waals surface area contributed by atoms with Crippen LogP contribution < -0.4 is 5.32 Å². The van der Waals surface area contributed by atoms with Gasteiger partial charge in [-0.2, -0.15) is 0 Å². The normalized spacial score (nSPS) is 27.0. The Bertz CT molecular complexity index is 145. The first-order valence-electron chi connectivity index (χ1n) is 4.70. The molecule has 5 heteroatoms. The van der Waals surface area contributed by atoms with Gasteiger partial charge in [-0.1, -0.05) is 0 Å². The van der Waals surface area contributed by atoms with Gasteiger partial charge in [0.15, 0.2) is 0 Å². The number of methoxy groups -OCH3 is 2. The molecular formula is C9H18NO4. The molecule has 83 valence electrons. The van der Waals surface area contributed by atoms with Crippen LogP contribution in [-0.4, -0.2) is 53.1 Å². The number of rotatable bonds is 7. The maximum atomic E-state index is 5.39. The van der Waals surface area contributed by atoms with Crippen LogP contribution >= 0.6 is 0 Å². The molecule has 2 unspecified atom stereocenters. The molecule has 14 heavy (non-hydrogen) atoms. The van der Waals surface area contributed by atoms with E-state index in [0.717, 1.165) is 13.0 Å². The van der Waals surface area contributed by atoms with Crippen LogP contribution in [0.3, 0.4) is 0 Å². The highest BCUT2D eigenvalue weighted by Crippen LogP contribution is 2.12. The second-order valence-electron chi connectivity index (χ2n) is 3.23. The Morgan fingerprint density at radius 2 is 2.00 bits per heavy atom. The van der Waals surface area contributed by atoms with Gasteiger partial charge in [0.05, 0.1) is 18.8 Å². The zero-order chi connectivity index (χ0) is 10.2. The maximum Gasteiger partial charge on any atom is 0.146 e. The summed E-state index contributed by atoms with van der Waals surface area (Å²) in [6.45, 7) is 2.02. The molecule has 2 atom stereocenters. The van der Waals surface area contributed by atoms with E-state index in [-0.39, 0.29) is 12.1 Å². The van der Waals surface area contributed by atoms with E-state index in [1.54, 1.807) is 14.2 Å². The van der Waals surface area contributed by atoms with Crippen molar-refractivity contribution in [2.75, 3.05) is 41.0 Å². The molecule has 1 radical (unpaired) electrons. The maximum absolute atomic E-state index is 5.39. The molecule has 0 spiro atoms. The van der Waals surface area contributed by atoms with Gasteiger partial charge in [0, 0.05) is 20.8 Å². The zero-order valence-corrected chi connectivity index (χ0v) is 8.77. The molecule has 1 aliphatic rings. The number of nitrogens with zero attached hydrogens (tertiary/aromatic N) is 1.